The van der Waals surface area contributed by atoms with Gasteiger partial charge in [0, 0.05) is 6.42 Å². The maximum atomic E-state index is 13.3. The summed E-state index contributed by atoms with van der Waals surface area (Å²) in [6.07, 6.45) is 26.2. The smallest absolute Gasteiger partial charge is 0.322 e. The Morgan fingerprint density at radius 1 is 0.868 bits per heavy atom. The number of aliphatic carboxylic acids is 1. The number of carboxylic acids is 1. The zero-order valence-electron chi connectivity index (χ0n) is 33.8. The molecule has 300 valence electrons. The first-order chi connectivity index (χ1) is 25.3. The zero-order chi connectivity index (χ0) is 41.0. The summed E-state index contributed by atoms with van der Waals surface area (Å²) in [6.45, 7) is 13.8. The number of ether oxygens (including phenoxy) is 1. The van der Waals surface area contributed by atoms with E-state index in [1.165, 1.54) is 52.6 Å². The van der Waals surface area contributed by atoms with Gasteiger partial charge in [0.05, 0.1) is 13.2 Å². The highest BCUT2D eigenvalue weighted by molar-refractivity contribution is 6.38. The summed E-state index contributed by atoms with van der Waals surface area (Å²) < 4.78 is 5.25. The maximum absolute atomic E-state index is 13.3. The first-order valence-electron chi connectivity index (χ1n) is 18.8. The molecule has 3 atom stereocenters. The molecule has 0 heterocycles. The minimum Gasteiger partial charge on any atom is -0.497 e. The van der Waals surface area contributed by atoms with E-state index < -0.39 is 54.1 Å². The largest absolute Gasteiger partial charge is 0.497 e. The van der Waals surface area contributed by atoms with E-state index in [2.05, 4.69) is 28.3 Å². The van der Waals surface area contributed by atoms with E-state index in [-0.39, 0.29) is 25.2 Å². The predicted octanol–water partition coefficient (Wildman–Crippen LogP) is 6.23. The number of Topliss-reactive ketones (excluding diaryl/α,β-unsaturated/α-hetero) is 1. The number of carboxylic acid groups (broad SMARTS) is 1. The molecule has 12 heteroatoms. The number of allylic oxidation sites excluding steroid dienone is 7. The number of ketones is 1. The molecule has 1 aliphatic rings. The van der Waals surface area contributed by atoms with Gasteiger partial charge in [-0.1, -0.05) is 95.6 Å². The van der Waals surface area contributed by atoms with Crippen molar-refractivity contribution in [1.82, 2.24) is 21.3 Å². The highest BCUT2D eigenvalue weighted by Crippen LogP contribution is 2.15. The molecular formula is C41H68N4O8. The van der Waals surface area contributed by atoms with Crippen molar-refractivity contribution in [2.75, 3.05) is 13.7 Å². The van der Waals surface area contributed by atoms with E-state index in [0.717, 1.165) is 5.57 Å². The second-order valence-corrected chi connectivity index (χ2v) is 12.0. The van der Waals surface area contributed by atoms with E-state index in [1.54, 1.807) is 32.1 Å². The molecule has 0 radical (unpaired) electrons. The molecule has 0 aromatic carbocycles. The van der Waals surface area contributed by atoms with Gasteiger partial charge in [0.2, 0.25) is 23.5 Å². The van der Waals surface area contributed by atoms with Crippen LogP contribution in [0.3, 0.4) is 0 Å². The van der Waals surface area contributed by atoms with Gasteiger partial charge < -0.3 is 31.1 Å². The number of carbonyl (C=O) groups is 6. The molecule has 0 aliphatic heterocycles. The molecule has 1 aliphatic carbocycles. The molecule has 0 aromatic rings. The minimum atomic E-state index is -1.32. The molecular weight excluding hydrogens is 676 g/mol. The summed E-state index contributed by atoms with van der Waals surface area (Å²) >= 11 is 0. The Labute approximate surface area is 319 Å². The number of nitrogens with one attached hydrogen (secondary N) is 4. The van der Waals surface area contributed by atoms with Gasteiger partial charge in [-0.2, -0.15) is 0 Å². The van der Waals surface area contributed by atoms with Gasteiger partial charge in [0.25, 0.3) is 5.91 Å². The zero-order valence-corrected chi connectivity index (χ0v) is 33.8. The third-order valence-electron chi connectivity index (χ3n) is 7.43. The Morgan fingerprint density at radius 2 is 1.42 bits per heavy atom. The van der Waals surface area contributed by atoms with Crippen LogP contribution in [0.4, 0.5) is 0 Å². The molecule has 1 saturated carbocycles. The Kier molecular flexibility index (Phi) is 35.5. The molecule has 12 nitrogen and oxygen atoms in total. The van der Waals surface area contributed by atoms with E-state index in [9.17, 15) is 28.8 Å². The van der Waals surface area contributed by atoms with Crippen LogP contribution < -0.4 is 21.3 Å². The van der Waals surface area contributed by atoms with Gasteiger partial charge in [-0.3, -0.25) is 28.8 Å². The molecule has 0 saturated heterocycles. The highest BCUT2D eigenvalue weighted by Gasteiger charge is 2.30. The van der Waals surface area contributed by atoms with Crippen LogP contribution in [0.15, 0.2) is 47.8 Å². The molecule has 5 N–H and O–H groups in total. The number of hydrogen-bond donors (Lipinski definition) is 5. The van der Waals surface area contributed by atoms with Gasteiger partial charge in [0.15, 0.2) is 0 Å². The van der Waals surface area contributed by atoms with E-state index in [0.29, 0.717) is 25.0 Å². The van der Waals surface area contributed by atoms with Crippen LogP contribution >= 0.6 is 0 Å². The van der Waals surface area contributed by atoms with Crippen LogP contribution in [0.25, 0.3) is 0 Å². The first-order valence-corrected chi connectivity index (χ1v) is 18.8. The Bertz CT molecular complexity index is 1230. The van der Waals surface area contributed by atoms with Crippen LogP contribution in [-0.4, -0.2) is 72.3 Å². The third-order valence-corrected chi connectivity index (χ3v) is 7.43. The summed E-state index contributed by atoms with van der Waals surface area (Å²) in [5, 5.41) is 18.5. The number of terminal acetylenes is 1. The standard InChI is InChI=1S/C30H46N4O8.C6H12.C3H4.C2H6/c1-7-10-14-20(4)17-18-25(35)32-21(5)28(39)34-24(16-11-15-22(42-6)12-8-2)29(40)33-23(13-9-3)27(38)30(41)31-19-26(36)37;1-2-4-6-5-3-1;1-3-2;1-2/h7-8,10,12,14-15,21,23-24H,9,11,13,16-19H2,1-6H3,(H,31,41)(H,32,35)(H,33,40)(H,34,39)(H,36,37);1-6H2;1H,2H3;1-2H3/b10-7-,12-8-,20-14+,22-15+;;;. The number of amides is 4. The number of hydrogen-bond acceptors (Lipinski definition) is 7. The van der Waals surface area contributed by atoms with E-state index in [4.69, 9.17) is 9.84 Å². The third kappa shape index (κ3) is 29.6. The highest BCUT2D eigenvalue weighted by atomic mass is 16.5. The summed E-state index contributed by atoms with van der Waals surface area (Å²) in [7, 11) is 1.50. The predicted molar refractivity (Wildman–Crippen MR) is 213 cm³/mol. The van der Waals surface area contributed by atoms with Crippen molar-refractivity contribution in [3.8, 4) is 12.3 Å². The lowest BCUT2D eigenvalue weighted by Gasteiger charge is -2.24. The van der Waals surface area contributed by atoms with Crippen molar-refractivity contribution < 1.29 is 38.6 Å². The lowest BCUT2D eigenvalue weighted by Crippen LogP contribution is -2.56. The lowest BCUT2D eigenvalue weighted by atomic mass is 10.0. The summed E-state index contributed by atoms with van der Waals surface area (Å²) in [6, 6.07) is -3.28. The van der Waals surface area contributed by atoms with Crippen LogP contribution in [0, 0.1) is 12.3 Å². The van der Waals surface area contributed by atoms with Crippen LogP contribution in [0.5, 0.6) is 0 Å². The molecule has 4 amide bonds. The van der Waals surface area contributed by atoms with E-state index >= 15 is 0 Å². The van der Waals surface area contributed by atoms with Crippen LogP contribution in [0.1, 0.15) is 132 Å². The van der Waals surface area contributed by atoms with Crippen molar-refractivity contribution in [2.45, 2.75) is 151 Å². The van der Waals surface area contributed by atoms with Gasteiger partial charge >= 0.3 is 5.97 Å². The fraction of sp³-hybridized carbons (Fsp3) is 0.610. The molecule has 0 spiro atoms. The Balaban J connectivity index is -0.00000196. The molecule has 0 bridgehead atoms. The fourth-order valence-electron chi connectivity index (χ4n) is 4.67. The quantitative estimate of drug-likeness (QED) is 0.0422. The van der Waals surface area contributed by atoms with Gasteiger partial charge in [-0.15, -0.1) is 12.3 Å². The molecule has 0 aromatic heterocycles. The van der Waals surface area contributed by atoms with Crippen molar-refractivity contribution in [1.29, 1.82) is 0 Å². The van der Waals surface area contributed by atoms with Crippen molar-refractivity contribution in [3.05, 3.63) is 47.8 Å². The minimum absolute atomic E-state index is 0.120. The number of carbonyl (C=O) groups excluding carboxylic acids is 5. The van der Waals surface area contributed by atoms with Crippen LogP contribution in [-0.2, 0) is 33.5 Å². The number of methoxy groups -OCH3 is 1. The number of rotatable bonds is 20. The van der Waals surface area contributed by atoms with Crippen LogP contribution in [0.2, 0.25) is 0 Å². The SMILES string of the molecule is C#CC.C/C=C\C=C(/C)CCC(=O)NC(C)C(=O)NC(CC/C=C(\C=C/C)OC)C(=O)NC(CCC)C(=O)C(=O)NCC(=O)O.C1CCCCC1.CC. The van der Waals surface area contributed by atoms with E-state index in [1.807, 2.05) is 58.2 Å². The molecule has 3 unspecified atom stereocenters. The first kappa shape index (κ1) is 52.7. The average molecular weight is 745 g/mol. The second-order valence-electron chi connectivity index (χ2n) is 12.0. The van der Waals surface area contributed by atoms with Crippen molar-refractivity contribution in [3.63, 3.8) is 0 Å². The monoisotopic (exact) mass is 745 g/mol. The van der Waals surface area contributed by atoms with Crippen molar-refractivity contribution in [2.24, 2.45) is 0 Å². The summed E-state index contributed by atoms with van der Waals surface area (Å²) in [5.74, 6) is -2.29. The normalized spacial score (nSPS) is 14.2. The molecule has 1 rings (SSSR count). The maximum Gasteiger partial charge on any atom is 0.322 e. The fourth-order valence-corrected chi connectivity index (χ4v) is 4.67. The second kappa shape index (κ2) is 35.7. The molecule has 53 heavy (non-hydrogen) atoms. The van der Waals surface area contributed by atoms with Gasteiger partial charge in [0.1, 0.15) is 24.4 Å². The molecule has 1 fully saturated rings. The topological polar surface area (TPSA) is 180 Å². The summed E-state index contributed by atoms with van der Waals surface area (Å²) in [4.78, 5) is 74.2. The van der Waals surface area contributed by atoms with Gasteiger partial charge in [-0.25, -0.2) is 0 Å². The average Bonchev–Trinajstić information content (AvgIpc) is 3.15. The Hall–Kier alpha value is -4.66. The lowest BCUT2D eigenvalue weighted by molar-refractivity contribution is -0.143. The van der Waals surface area contributed by atoms with Gasteiger partial charge in [-0.05, 0) is 72.5 Å². The summed E-state index contributed by atoms with van der Waals surface area (Å²) in [5.41, 5.74) is 1.01. The Morgan fingerprint density at radius 3 is 1.89 bits per heavy atom. The van der Waals surface area contributed by atoms with Crippen molar-refractivity contribution >= 4 is 35.4 Å².